The highest BCUT2D eigenvalue weighted by atomic mass is 16.5. The maximum Gasteiger partial charge on any atom is 0.257 e. The van der Waals surface area contributed by atoms with E-state index in [9.17, 15) is 29.7 Å². The molecule has 396 valence electrons. The lowest BCUT2D eigenvalue weighted by Crippen LogP contribution is -2.46. The molecule has 6 aliphatic rings. The lowest BCUT2D eigenvalue weighted by Gasteiger charge is -2.40. The van der Waals surface area contributed by atoms with Gasteiger partial charge in [-0.05, 0) is 179 Å². The van der Waals surface area contributed by atoms with E-state index in [1.165, 1.54) is 36.8 Å². The van der Waals surface area contributed by atoms with Crippen LogP contribution in [0, 0.1) is 36.5 Å². The molecular formula is C63H64N10O5. The number of aromatic nitrogens is 2. The zero-order chi connectivity index (χ0) is 54.0. The van der Waals surface area contributed by atoms with Crippen LogP contribution in [0.5, 0.6) is 5.75 Å². The molecule has 6 aromatic rings. The zero-order valence-electron chi connectivity index (χ0n) is 44.4. The van der Waals surface area contributed by atoms with Gasteiger partial charge in [0.15, 0.2) is 0 Å². The summed E-state index contributed by atoms with van der Waals surface area (Å²) in [6.07, 6.45) is 13.4. The van der Waals surface area contributed by atoms with Crippen LogP contribution in [-0.4, -0.2) is 102 Å². The van der Waals surface area contributed by atoms with Gasteiger partial charge in [0.1, 0.15) is 17.4 Å². The first kappa shape index (κ1) is 51.5. The van der Waals surface area contributed by atoms with Gasteiger partial charge in [-0.1, -0.05) is 24.3 Å². The van der Waals surface area contributed by atoms with Gasteiger partial charge in [-0.15, -0.1) is 0 Å². The molecule has 2 spiro atoms. The topological polar surface area (TPSA) is 188 Å². The predicted octanol–water partition coefficient (Wildman–Crippen LogP) is 9.91. The van der Waals surface area contributed by atoms with Crippen molar-refractivity contribution in [1.82, 2.24) is 19.8 Å². The van der Waals surface area contributed by atoms with Crippen molar-refractivity contribution in [3.8, 4) is 17.9 Å². The number of pyridine rings is 2. The molecule has 12 rings (SSSR count). The Morgan fingerprint density at radius 1 is 0.526 bits per heavy atom. The number of carbonyl (C=O) groups is 4. The summed E-state index contributed by atoms with van der Waals surface area (Å²) in [5.41, 5.74) is 10.2. The standard InChI is InChI=1S/C32H33N5O2.C31H31N5O3/c1-22-4-6-25(19-28(22)35-30(38)26-7-9-29(34-21-26)36-14-2-3-15-36)31(39)37-16-12-32(13-17-37)11-10-24-18-23(20-33)5-8-27(24)32;1-21-4-6-23(17-26(21)34-29(37)24-7-9-28(33-19-24)35-12-2-3-13-35)30(38)36-14-10-31(11-15-36)20-39-27-16-22(18-32)5-8-25(27)31/h4-9,18-19,21H,2-3,10-17H2,1H3,(H,35,38);4-9,16-17,19H,2-3,10-15,20H2,1H3,(H,34,37). The van der Waals surface area contributed by atoms with E-state index in [2.05, 4.69) is 48.6 Å². The molecule has 0 unspecified atom stereocenters. The van der Waals surface area contributed by atoms with Crippen LogP contribution in [0.4, 0.5) is 23.0 Å². The Morgan fingerprint density at radius 3 is 1.46 bits per heavy atom. The number of nitriles is 2. The summed E-state index contributed by atoms with van der Waals surface area (Å²) in [6, 6.07) is 34.5. The van der Waals surface area contributed by atoms with Crippen LogP contribution in [0.3, 0.4) is 0 Å². The highest BCUT2D eigenvalue weighted by molar-refractivity contribution is 6.06. The number of hydrogen-bond donors (Lipinski definition) is 2. The summed E-state index contributed by atoms with van der Waals surface area (Å²) in [5.74, 6) is 2.06. The van der Waals surface area contributed by atoms with Crippen molar-refractivity contribution in [2.45, 2.75) is 88.9 Å². The minimum Gasteiger partial charge on any atom is -0.492 e. The first-order valence-electron chi connectivity index (χ1n) is 27.5. The fourth-order valence-corrected chi connectivity index (χ4v) is 12.4. The number of amides is 4. The Bertz CT molecular complexity index is 3150. The van der Waals surface area contributed by atoms with Crippen LogP contribution in [0.15, 0.2) is 109 Å². The molecule has 4 fully saturated rings. The quantitative estimate of drug-likeness (QED) is 0.148. The van der Waals surface area contributed by atoms with Gasteiger partial charge in [0.2, 0.25) is 0 Å². The summed E-state index contributed by atoms with van der Waals surface area (Å²) in [5, 5.41) is 24.4. The maximum atomic E-state index is 13.5. The van der Waals surface area contributed by atoms with Gasteiger partial charge in [0, 0.05) is 98.2 Å². The number of carbonyl (C=O) groups excluding carboxylic acids is 4. The Labute approximate surface area is 455 Å². The highest BCUT2D eigenvalue weighted by Crippen LogP contribution is 2.48. The number of benzene rings is 4. The summed E-state index contributed by atoms with van der Waals surface area (Å²) >= 11 is 0. The highest BCUT2D eigenvalue weighted by Gasteiger charge is 2.45. The molecule has 0 bridgehead atoms. The normalized spacial score (nSPS) is 17.5. The first-order valence-corrected chi connectivity index (χ1v) is 27.5. The Hall–Kier alpha value is -8.56. The molecule has 4 amide bonds. The number of fused-ring (bicyclic) bond motifs is 4. The van der Waals surface area contributed by atoms with E-state index in [1.807, 2.05) is 96.4 Å². The third-order valence-electron chi connectivity index (χ3n) is 17.2. The van der Waals surface area contributed by atoms with Gasteiger partial charge in [-0.3, -0.25) is 19.2 Å². The second-order valence-electron chi connectivity index (χ2n) is 21.9. The number of aryl methyl sites for hydroxylation is 3. The number of ether oxygens (including phenoxy) is 1. The second-order valence-corrected chi connectivity index (χ2v) is 21.9. The van der Waals surface area contributed by atoms with E-state index in [0.29, 0.717) is 72.0 Å². The van der Waals surface area contributed by atoms with E-state index in [0.717, 1.165) is 104 Å². The van der Waals surface area contributed by atoms with E-state index in [1.54, 1.807) is 30.6 Å². The van der Waals surface area contributed by atoms with E-state index < -0.39 is 0 Å². The Morgan fingerprint density at radius 2 is 0.987 bits per heavy atom. The number of rotatable bonds is 8. The van der Waals surface area contributed by atoms with Crippen LogP contribution in [0.1, 0.15) is 138 Å². The summed E-state index contributed by atoms with van der Waals surface area (Å²) in [7, 11) is 0. The van der Waals surface area contributed by atoms with Gasteiger partial charge >= 0.3 is 0 Å². The second kappa shape index (κ2) is 21.8. The molecule has 78 heavy (non-hydrogen) atoms. The Kier molecular flexibility index (Phi) is 14.4. The van der Waals surface area contributed by atoms with Crippen molar-refractivity contribution >= 4 is 46.6 Å². The molecule has 2 N–H and O–H groups in total. The number of likely N-dealkylation sites (tertiary alicyclic amines) is 2. The van der Waals surface area contributed by atoms with Crippen molar-refractivity contribution in [3.63, 3.8) is 0 Å². The number of nitrogens with zero attached hydrogens (tertiary/aromatic N) is 8. The van der Waals surface area contributed by atoms with Crippen molar-refractivity contribution in [2.75, 3.05) is 79.4 Å². The summed E-state index contributed by atoms with van der Waals surface area (Å²) in [6.45, 7) is 11.1. The van der Waals surface area contributed by atoms with Gasteiger partial charge in [0.05, 0.1) is 41.0 Å². The van der Waals surface area contributed by atoms with Crippen LogP contribution in [0.25, 0.3) is 0 Å². The lowest BCUT2D eigenvalue weighted by atomic mass is 9.73. The first-order chi connectivity index (χ1) is 37.9. The van der Waals surface area contributed by atoms with Gasteiger partial charge in [-0.2, -0.15) is 10.5 Å². The minimum absolute atomic E-state index is 0.00460. The fraction of sp³-hybridized carbons (Fsp3) is 0.365. The van der Waals surface area contributed by atoms with Crippen molar-refractivity contribution in [1.29, 1.82) is 10.5 Å². The molecule has 4 aromatic carbocycles. The fourth-order valence-electron chi connectivity index (χ4n) is 12.4. The van der Waals surface area contributed by atoms with Crippen LogP contribution in [-0.2, 0) is 17.3 Å². The van der Waals surface area contributed by atoms with E-state index >= 15 is 0 Å². The minimum atomic E-state index is -0.248. The molecule has 0 radical (unpaired) electrons. The van der Waals surface area contributed by atoms with Crippen molar-refractivity contribution in [2.24, 2.45) is 0 Å². The van der Waals surface area contributed by atoms with Gasteiger partial charge in [0.25, 0.3) is 23.6 Å². The van der Waals surface area contributed by atoms with Gasteiger partial charge in [-0.25, -0.2) is 9.97 Å². The van der Waals surface area contributed by atoms with Crippen molar-refractivity contribution < 1.29 is 23.9 Å². The van der Waals surface area contributed by atoms with E-state index in [4.69, 9.17) is 4.74 Å². The number of hydrogen-bond acceptors (Lipinski definition) is 11. The average molecular weight is 1040 g/mol. The summed E-state index contributed by atoms with van der Waals surface area (Å²) in [4.78, 5) is 70.1. The third kappa shape index (κ3) is 10.4. The molecule has 5 aliphatic heterocycles. The average Bonchev–Trinajstić information content (AvgIpc) is 4.49. The van der Waals surface area contributed by atoms with E-state index in [-0.39, 0.29) is 34.5 Å². The summed E-state index contributed by atoms with van der Waals surface area (Å²) < 4.78 is 5.95. The molecule has 15 nitrogen and oxygen atoms in total. The smallest absolute Gasteiger partial charge is 0.257 e. The van der Waals surface area contributed by atoms with Crippen molar-refractivity contribution in [3.05, 3.63) is 171 Å². The molecular weight excluding hydrogens is 977 g/mol. The largest absolute Gasteiger partial charge is 0.492 e. The monoisotopic (exact) mass is 1040 g/mol. The number of nitrogens with one attached hydrogen (secondary N) is 2. The maximum absolute atomic E-state index is 13.5. The zero-order valence-corrected chi connectivity index (χ0v) is 44.4. The number of anilines is 4. The molecule has 0 atom stereocenters. The van der Waals surface area contributed by atoms with Gasteiger partial charge < -0.3 is 35.0 Å². The number of piperidine rings is 2. The van der Waals surface area contributed by atoms with Crippen LogP contribution < -0.4 is 25.2 Å². The molecule has 0 saturated carbocycles. The van der Waals surface area contributed by atoms with Crippen LogP contribution in [0.2, 0.25) is 0 Å². The molecule has 4 saturated heterocycles. The molecule has 7 heterocycles. The molecule has 15 heteroatoms. The molecule has 1 aliphatic carbocycles. The van der Waals surface area contributed by atoms with Crippen LogP contribution >= 0.6 is 0 Å². The third-order valence-corrected chi connectivity index (χ3v) is 17.2. The lowest BCUT2D eigenvalue weighted by molar-refractivity contribution is 0.0644. The Balaban J connectivity index is 0.000000165. The SMILES string of the molecule is Cc1ccc(C(=O)N2CCC3(CC2)COc2cc(C#N)ccc23)cc1NC(=O)c1ccc(N2CCCC2)nc1.Cc1ccc(C(=O)N2CCC3(CCc4cc(C#N)ccc43)CC2)cc1NC(=O)c1ccc(N2CCCC2)nc1. The molecule has 2 aromatic heterocycles. The predicted molar refractivity (Wildman–Crippen MR) is 299 cm³/mol.